The predicted octanol–water partition coefficient (Wildman–Crippen LogP) is 3.56. The number of anilines is 1. The van der Waals surface area contributed by atoms with Crippen LogP contribution in [0.2, 0.25) is 5.02 Å². The lowest BCUT2D eigenvalue weighted by Crippen LogP contribution is -2.25. The Morgan fingerprint density at radius 2 is 1.94 bits per heavy atom. The van der Waals surface area contributed by atoms with Gasteiger partial charge in [0.1, 0.15) is 11.5 Å². The molecule has 11 heteroatoms. The highest BCUT2D eigenvalue weighted by atomic mass is 35.5. The van der Waals surface area contributed by atoms with Gasteiger partial charge in [-0.1, -0.05) is 23.7 Å². The second kappa shape index (κ2) is 10.0. The van der Waals surface area contributed by atoms with Crippen LogP contribution in [0, 0.1) is 0 Å². The summed E-state index contributed by atoms with van der Waals surface area (Å²) in [4.78, 5) is 25.4. The highest BCUT2D eigenvalue weighted by Crippen LogP contribution is 2.23. The van der Waals surface area contributed by atoms with Crippen molar-refractivity contribution in [2.24, 2.45) is 0 Å². The molecule has 2 N–H and O–H groups in total. The Kier molecular flexibility index (Phi) is 6.75. The lowest BCUT2D eigenvalue weighted by molar-refractivity contribution is 0.0943. The number of ether oxygens (including phenoxy) is 1. The molecular formula is C22H21ClN6O4. The van der Waals surface area contributed by atoms with E-state index in [1.165, 1.54) is 10.9 Å². The van der Waals surface area contributed by atoms with Gasteiger partial charge in [-0.3, -0.25) is 14.3 Å². The zero-order valence-corrected chi connectivity index (χ0v) is 18.5. The standard InChI is InChI=1S/C22H21ClN6O4/c1-2-28-13-18(20(27-28)22(31)24-12-15-6-5-11-32-15)25-21(30)17-9-10-29(26-17)14-33-19-8-4-3-7-16(19)23/h3-11,13H,2,12,14H2,1H3,(H,24,31)(H,25,30). The number of carbonyl (C=O) groups excluding carboxylic acids is 2. The van der Waals surface area contributed by atoms with E-state index >= 15 is 0 Å². The summed E-state index contributed by atoms with van der Waals surface area (Å²) in [7, 11) is 0. The molecular weight excluding hydrogens is 448 g/mol. The quantitative estimate of drug-likeness (QED) is 0.388. The molecule has 10 nitrogen and oxygen atoms in total. The Morgan fingerprint density at radius 3 is 2.70 bits per heavy atom. The predicted molar refractivity (Wildman–Crippen MR) is 120 cm³/mol. The average Bonchev–Trinajstić information content (AvgIpc) is 3.58. The molecule has 33 heavy (non-hydrogen) atoms. The molecule has 0 atom stereocenters. The molecule has 0 aliphatic rings. The van der Waals surface area contributed by atoms with E-state index in [0.29, 0.717) is 23.1 Å². The summed E-state index contributed by atoms with van der Waals surface area (Å²) < 4.78 is 13.9. The van der Waals surface area contributed by atoms with Crippen LogP contribution in [0.3, 0.4) is 0 Å². The van der Waals surface area contributed by atoms with Gasteiger partial charge in [-0.2, -0.15) is 10.2 Å². The maximum absolute atomic E-state index is 12.7. The Bertz CT molecular complexity index is 1250. The van der Waals surface area contributed by atoms with E-state index in [2.05, 4.69) is 20.8 Å². The van der Waals surface area contributed by atoms with Crippen molar-refractivity contribution in [3.05, 3.63) is 83.3 Å². The zero-order chi connectivity index (χ0) is 23.2. The minimum absolute atomic E-state index is 0.0746. The van der Waals surface area contributed by atoms with Crippen molar-refractivity contribution in [1.82, 2.24) is 24.9 Å². The first-order valence-corrected chi connectivity index (χ1v) is 10.5. The first-order chi connectivity index (χ1) is 16.0. The number of amides is 2. The van der Waals surface area contributed by atoms with Gasteiger partial charge in [0.2, 0.25) is 0 Å². The number of rotatable bonds is 9. The largest absolute Gasteiger partial charge is 0.470 e. The molecule has 0 aliphatic carbocycles. The van der Waals surface area contributed by atoms with Crippen molar-refractivity contribution in [1.29, 1.82) is 0 Å². The fourth-order valence-corrected chi connectivity index (χ4v) is 3.14. The minimum Gasteiger partial charge on any atom is -0.470 e. The van der Waals surface area contributed by atoms with Crippen molar-refractivity contribution >= 4 is 29.1 Å². The molecule has 1 aromatic carbocycles. The van der Waals surface area contributed by atoms with E-state index in [-0.39, 0.29) is 30.4 Å². The molecule has 0 spiro atoms. The summed E-state index contributed by atoms with van der Waals surface area (Å²) in [6.45, 7) is 2.69. The number of carbonyl (C=O) groups is 2. The Labute approximate surface area is 194 Å². The summed E-state index contributed by atoms with van der Waals surface area (Å²) in [5.74, 6) is 0.195. The number of para-hydroxylation sites is 1. The van der Waals surface area contributed by atoms with Crippen molar-refractivity contribution < 1.29 is 18.7 Å². The molecule has 0 fully saturated rings. The summed E-state index contributed by atoms with van der Waals surface area (Å²) in [5.41, 5.74) is 0.530. The number of aryl methyl sites for hydroxylation is 1. The molecule has 0 bridgehead atoms. The van der Waals surface area contributed by atoms with E-state index in [4.69, 9.17) is 20.8 Å². The smallest absolute Gasteiger partial charge is 0.276 e. The van der Waals surface area contributed by atoms with Gasteiger partial charge >= 0.3 is 0 Å². The van der Waals surface area contributed by atoms with Crippen LogP contribution in [0.25, 0.3) is 0 Å². The number of nitrogens with zero attached hydrogens (tertiary/aromatic N) is 4. The lowest BCUT2D eigenvalue weighted by atomic mass is 10.3. The van der Waals surface area contributed by atoms with E-state index < -0.39 is 11.8 Å². The molecule has 0 saturated heterocycles. The van der Waals surface area contributed by atoms with E-state index in [9.17, 15) is 9.59 Å². The maximum atomic E-state index is 12.7. The van der Waals surface area contributed by atoms with Gasteiger partial charge < -0.3 is 19.8 Å². The average molecular weight is 469 g/mol. The molecule has 4 rings (SSSR count). The zero-order valence-electron chi connectivity index (χ0n) is 17.7. The Morgan fingerprint density at radius 1 is 1.09 bits per heavy atom. The van der Waals surface area contributed by atoms with Crippen molar-refractivity contribution in [3.63, 3.8) is 0 Å². The van der Waals surface area contributed by atoms with E-state index in [1.54, 1.807) is 53.5 Å². The van der Waals surface area contributed by atoms with E-state index in [1.807, 2.05) is 13.0 Å². The molecule has 0 unspecified atom stereocenters. The number of halogens is 1. The highest BCUT2D eigenvalue weighted by Gasteiger charge is 2.20. The van der Waals surface area contributed by atoms with Crippen LogP contribution in [-0.2, 0) is 19.8 Å². The molecule has 0 aliphatic heterocycles. The molecule has 3 heterocycles. The van der Waals surface area contributed by atoms with Crippen LogP contribution >= 0.6 is 11.6 Å². The SMILES string of the molecule is CCn1cc(NC(=O)c2ccn(COc3ccccc3Cl)n2)c(C(=O)NCc2ccco2)n1. The van der Waals surface area contributed by atoms with Crippen molar-refractivity contribution in [2.75, 3.05) is 5.32 Å². The van der Waals surface area contributed by atoms with Gasteiger partial charge in [0.15, 0.2) is 18.1 Å². The molecule has 3 aromatic heterocycles. The Balaban J connectivity index is 1.41. The van der Waals surface area contributed by atoms with Crippen molar-refractivity contribution in [3.8, 4) is 5.75 Å². The fourth-order valence-electron chi connectivity index (χ4n) is 2.95. The number of furan rings is 1. The second-order valence-corrected chi connectivity index (χ2v) is 7.31. The number of hydrogen-bond donors (Lipinski definition) is 2. The van der Waals surface area contributed by atoms with Crippen LogP contribution in [0.4, 0.5) is 5.69 Å². The van der Waals surface area contributed by atoms with Crippen LogP contribution in [-0.4, -0.2) is 31.4 Å². The second-order valence-electron chi connectivity index (χ2n) is 6.91. The normalized spacial score (nSPS) is 10.7. The first kappa shape index (κ1) is 22.2. The molecule has 170 valence electrons. The first-order valence-electron chi connectivity index (χ1n) is 10.1. The van der Waals surface area contributed by atoms with Gasteiger partial charge in [0.05, 0.1) is 23.5 Å². The van der Waals surface area contributed by atoms with Gasteiger partial charge in [-0.25, -0.2) is 4.68 Å². The summed E-state index contributed by atoms with van der Waals surface area (Å²) in [5, 5.41) is 14.4. The number of aromatic nitrogens is 4. The number of hydrogen-bond acceptors (Lipinski definition) is 6. The molecule has 2 amide bonds. The third-order valence-electron chi connectivity index (χ3n) is 4.61. The summed E-state index contributed by atoms with van der Waals surface area (Å²) >= 11 is 6.08. The molecule has 0 saturated carbocycles. The third kappa shape index (κ3) is 5.42. The topological polar surface area (TPSA) is 116 Å². The highest BCUT2D eigenvalue weighted by molar-refractivity contribution is 6.32. The van der Waals surface area contributed by atoms with E-state index in [0.717, 1.165) is 0 Å². The van der Waals surface area contributed by atoms with Gasteiger partial charge in [-0.15, -0.1) is 0 Å². The van der Waals surface area contributed by atoms with Crippen LogP contribution in [0.1, 0.15) is 33.7 Å². The molecule has 0 radical (unpaired) electrons. The van der Waals surface area contributed by atoms with Crippen LogP contribution < -0.4 is 15.4 Å². The Hall–Kier alpha value is -4.05. The fraction of sp³-hybridized carbons (Fsp3) is 0.182. The minimum atomic E-state index is -0.484. The monoisotopic (exact) mass is 468 g/mol. The number of benzene rings is 1. The number of nitrogens with one attached hydrogen (secondary N) is 2. The summed E-state index contributed by atoms with van der Waals surface area (Å²) in [6, 6.07) is 12.1. The summed E-state index contributed by atoms with van der Waals surface area (Å²) in [6.07, 6.45) is 4.73. The van der Waals surface area contributed by atoms with Gasteiger partial charge in [-0.05, 0) is 37.3 Å². The van der Waals surface area contributed by atoms with Crippen LogP contribution in [0.15, 0.2) is 65.5 Å². The van der Waals surface area contributed by atoms with Gasteiger partial charge in [0, 0.05) is 18.9 Å². The van der Waals surface area contributed by atoms with Crippen molar-refractivity contribution in [2.45, 2.75) is 26.7 Å². The van der Waals surface area contributed by atoms with Gasteiger partial charge in [0.25, 0.3) is 11.8 Å². The lowest BCUT2D eigenvalue weighted by Gasteiger charge is -2.07. The van der Waals surface area contributed by atoms with Crippen LogP contribution in [0.5, 0.6) is 5.75 Å². The third-order valence-corrected chi connectivity index (χ3v) is 4.93. The molecule has 4 aromatic rings. The maximum Gasteiger partial charge on any atom is 0.276 e.